The Kier molecular flexibility index (Phi) is 5.88. The summed E-state index contributed by atoms with van der Waals surface area (Å²) in [7, 11) is -5.77. The van der Waals surface area contributed by atoms with Crippen LogP contribution in [0.1, 0.15) is 33.6 Å². The molecule has 0 bridgehead atoms. The fourth-order valence-corrected chi connectivity index (χ4v) is 9.10. The first kappa shape index (κ1) is 21.2. The van der Waals surface area contributed by atoms with Gasteiger partial charge in [0.05, 0.1) is 6.26 Å². The summed E-state index contributed by atoms with van der Waals surface area (Å²) in [4.78, 5) is 0. The second kappa shape index (κ2) is 7.75. The third kappa shape index (κ3) is 4.57. The van der Waals surface area contributed by atoms with Crippen LogP contribution in [0.3, 0.4) is 0 Å². The number of hydrogen-bond acceptors (Lipinski definition) is 3. The first-order valence-electron chi connectivity index (χ1n) is 9.78. The van der Waals surface area contributed by atoms with E-state index in [4.69, 9.17) is 4.43 Å². The highest BCUT2D eigenvalue weighted by molar-refractivity contribution is 7.88. The molecule has 0 aromatic heterocycles. The van der Waals surface area contributed by atoms with Crippen LogP contribution in [0.25, 0.3) is 0 Å². The van der Waals surface area contributed by atoms with E-state index in [1.54, 1.807) is 0 Å². The summed E-state index contributed by atoms with van der Waals surface area (Å²) in [5, 5.41) is 2.43. The molecule has 1 N–H and O–H groups in total. The summed E-state index contributed by atoms with van der Waals surface area (Å²) in [6, 6.07) is 21.1. The molecule has 1 fully saturated rings. The van der Waals surface area contributed by atoms with Gasteiger partial charge < -0.3 is 4.43 Å². The summed E-state index contributed by atoms with van der Waals surface area (Å²) in [6.07, 6.45) is 3.20. The molecule has 28 heavy (non-hydrogen) atoms. The van der Waals surface area contributed by atoms with Crippen LogP contribution in [-0.4, -0.2) is 36.1 Å². The third-order valence-electron chi connectivity index (χ3n) is 5.68. The second-order valence-electron chi connectivity index (χ2n) is 9.05. The second-order valence-corrected chi connectivity index (χ2v) is 15.2. The Balaban J connectivity index is 1.98. The molecule has 0 amide bonds. The van der Waals surface area contributed by atoms with Crippen LogP contribution in [-0.2, 0) is 14.4 Å². The molecule has 0 atom stereocenters. The van der Waals surface area contributed by atoms with Gasteiger partial charge in [0, 0.05) is 18.6 Å². The van der Waals surface area contributed by atoms with E-state index in [9.17, 15) is 8.42 Å². The van der Waals surface area contributed by atoms with Crippen molar-refractivity contribution in [2.75, 3.05) is 19.4 Å². The minimum Gasteiger partial charge on any atom is -0.407 e. The molecule has 1 saturated carbocycles. The van der Waals surface area contributed by atoms with Gasteiger partial charge in [-0.05, 0) is 28.3 Å². The van der Waals surface area contributed by atoms with Gasteiger partial charge in [-0.15, -0.1) is 0 Å². The Hall–Kier alpha value is -1.47. The van der Waals surface area contributed by atoms with Crippen LogP contribution < -0.4 is 15.1 Å². The molecule has 0 aliphatic heterocycles. The average Bonchev–Trinajstić information content (AvgIpc) is 3.41. The molecule has 0 radical (unpaired) electrons. The molecule has 152 valence electrons. The molecule has 2 aromatic carbocycles. The smallest absolute Gasteiger partial charge is 0.261 e. The maximum absolute atomic E-state index is 11.6. The summed E-state index contributed by atoms with van der Waals surface area (Å²) < 4.78 is 32.8. The van der Waals surface area contributed by atoms with E-state index in [-0.39, 0.29) is 10.5 Å². The van der Waals surface area contributed by atoms with Gasteiger partial charge in [0.15, 0.2) is 0 Å². The van der Waals surface area contributed by atoms with Crippen molar-refractivity contribution in [3.8, 4) is 0 Å². The van der Waals surface area contributed by atoms with E-state index in [0.29, 0.717) is 13.2 Å². The van der Waals surface area contributed by atoms with Crippen LogP contribution in [0.5, 0.6) is 0 Å². The molecule has 0 spiro atoms. The third-order valence-corrected chi connectivity index (χ3v) is 11.3. The van der Waals surface area contributed by atoms with E-state index < -0.39 is 18.3 Å². The standard InChI is InChI=1S/C22H31NO3SSi/c1-21(2,3)28(19-11-7-5-8-12-19,20-13-9-6-10-14-20)26-18-22(15-16-22)17-23-27(4,24)25/h5-14,23H,15-18H2,1-4H3. The maximum Gasteiger partial charge on any atom is 0.261 e. The number of rotatable bonds is 8. The first-order valence-corrected chi connectivity index (χ1v) is 13.6. The number of benzene rings is 2. The molecule has 1 aliphatic carbocycles. The van der Waals surface area contributed by atoms with Gasteiger partial charge in [-0.1, -0.05) is 81.4 Å². The fraction of sp³-hybridized carbons (Fsp3) is 0.455. The largest absolute Gasteiger partial charge is 0.407 e. The summed E-state index contributed by atoms with van der Waals surface area (Å²) in [5.41, 5.74) is -0.0872. The van der Waals surface area contributed by atoms with Crippen LogP contribution in [0.4, 0.5) is 0 Å². The predicted octanol–water partition coefficient (Wildman–Crippen LogP) is 2.89. The molecule has 6 heteroatoms. The van der Waals surface area contributed by atoms with Crippen molar-refractivity contribution in [1.29, 1.82) is 0 Å². The quantitative estimate of drug-likeness (QED) is 0.672. The molecule has 0 unspecified atom stereocenters. The Morgan fingerprint density at radius 2 is 1.43 bits per heavy atom. The molecular weight excluding hydrogens is 386 g/mol. The molecule has 0 heterocycles. The van der Waals surface area contributed by atoms with E-state index in [1.807, 2.05) is 12.1 Å². The Bertz CT molecular complexity index is 849. The highest BCUT2D eigenvalue weighted by atomic mass is 32.2. The van der Waals surface area contributed by atoms with Crippen LogP contribution in [0, 0.1) is 5.41 Å². The summed E-state index contributed by atoms with van der Waals surface area (Å²) in [5.74, 6) is 0. The zero-order chi connectivity index (χ0) is 20.5. The van der Waals surface area contributed by atoms with E-state index in [1.165, 1.54) is 16.6 Å². The van der Waals surface area contributed by atoms with E-state index in [0.717, 1.165) is 12.8 Å². The highest BCUT2D eigenvalue weighted by Crippen LogP contribution is 2.47. The Morgan fingerprint density at radius 1 is 0.964 bits per heavy atom. The fourth-order valence-electron chi connectivity index (χ4n) is 3.86. The number of hydrogen-bond donors (Lipinski definition) is 1. The lowest BCUT2D eigenvalue weighted by Crippen LogP contribution is -2.67. The van der Waals surface area contributed by atoms with Gasteiger partial charge in [0.25, 0.3) is 8.32 Å². The molecule has 3 rings (SSSR count). The number of nitrogens with one attached hydrogen (secondary N) is 1. The zero-order valence-corrected chi connectivity index (χ0v) is 19.1. The van der Waals surface area contributed by atoms with Crippen molar-refractivity contribution >= 4 is 28.7 Å². The monoisotopic (exact) mass is 417 g/mol. The average molecular weight is 418 g/mol. The molecule has 0 saturated heterocycles. The van der Waals surface area contributed by atoms with Gasteiger partial charge in [-0.25, -0.2) is 13.1 Å². The van der Waals surface area contributed by atoms with Crippen LogP contribution >= 0.6 is 0 Å². The molecule has 1 aliphatic rings. The van der Waals surface area contributed by atoms with Crippen LogP contribution in [0.2, 0.25) is 5.04 Å². The summed E-state index contributed by atoms with van der Waals surface area (Å²) in [6.45, 7) is 7.79. The van der Waals surface area contributed by atoms with E-state index in [2.05, 4.69) is 74.0 Å². The van der Waals surface area contributed by atoms with E-state index >= 15 is 0 Å². The van der Waals surface area contributed by atoms with Crippen molar-refractivity contribution in [2.45, 2.75) is 38.7 Å². The van der Waals surface area contributed by atoms with Crippen molar-refractivity contribution in [2.24, 2.45) is 5.41 Å². The van der Waals surface area contributed by atoms with Gasteiger partial charge in [-0.3, -0.25) is 0 Å². The minimum absolute atomic E-state index is 0.0734. The van der Waals surface area contributed by atoms with Gasteiger partial charge in [-0.2, -0.15) is 0 Å². The molecule has 2 aromatic rings. The zero-order valence-electron chi connectivity index (χ0n) is 17.2. The molecule has 4 nitrogen and oxygen atoms in total. The van der Waals surface area contributed by atoms with Crippen molar-refractivity contribution < 1.29 is 12.8 Å². The lowest BCUT2D eigenvalue weighted by atomic mass is 10.1. The van der Waals surface area contributed by atoms with Gasteiger partial charge in [0.2, 0.25) is 10.0 Å². The van der Waals surface area contributed by atoms with Crippen LogP contribution in [0.15, 0.2) is 60.7 Å². The lowest BCUT2D eigenvalue weighted by Gasteiger charge is -2.43. The van der Waals surface area contributed by atoms with Gasteiger partial charge in [0.1, 0.15) is 0 Å². The van der Waals surface area contributed by atoms with Crippen molar-refractivity contribution in [1.82, 2.24) is 4.72 Å². The first-order chi connectivity index (χ1) is 13.1. The normalized spacial score (nSPS) is 16.7. The highest BCUT2D eigenvalue weighted by Gasteiger charge is 2.53. The lowest BCUT2D eigenvalue weighted by molar-refractivity contribution is 0.222. The topological polar surface area (TPSA) is 55.4 Å². The van der Waals surface area contributed by atoms with Crippen molar-refractivity contribution in [3.05, 3.63) is 60.7 Å². The summed E-state index contributed by atoms with van der Waals surface area (Å²) >= 11 is 0. The number of sulfonamides is 1. The van der Waals surface area contributed by atoms with Gasteiger partial charge >= 0.3 is 0 Å². The maximum atomic E-state index is 11.6. The Morgan fingerprint density at radius 3 is 1.79 bits per heavy atom. The molecular formula is C22H31NO3SSi. The van der Waals surface area contributed by atoms with Crippen molar-refractivity contribution in [3.63, 3.8) is 0 Å². The Labute approximate surface area is 170 Å². The predicted molar refractivity (Wildman–Crippen MR) is 118 cm³/mol. The SMILES string of the molecule is CC(C)(C)[Si](OCC1(CNS(C)(=O)=O)CC1)(c1ccccc1)c1ccccc1. The minimum atomic E-state index is -3.20.